The molecule has 4 nitrogen and oxygen atoms in total. The fraction of sp³-hybridized carbons (Fsp3) is 0.647. The van der Waals surface area contributed by atoms with Crippen LogP contribution in [0.25, 0.3) is 0 Å². The third kappa shape index (κ3) is 7.05. The van der Waals surface area contributed by atoms with Crippen molar-refractivity contribution in [3.05, 3.63) is 35.4 Å². The molecule has 0 heterocycles. The minimum absolute atomic E-state index is 0.00983. The molecule has 0 bridgehead atoms. The van der Waals surface area contributed by atoms with Gasteiger partial charge in [0.1, 0.15) is 0 Å². The highest BCUT2D eigenvalue weighted by molar-refractivity contribution is 5.24. The van der Waals surface area contributed by atoms with Crippen LogP contribution in [0.3, 0.4) is 0 Å². The van der Waals surface area contributed by atoms with Crippen LogP contribution in [0.4, 0.5) is 0 Å². The zero-order valence-electron chi connectivity index (χ0n) is 13.6. The average Bonchev–Trinajstić information content (AvgIpc) is 2.46. The molecule has 0 radical (unpaired) electrons. The number of hydrogen-bond donors (Lipinski definition) is 2. The summed E-state index contributed by atoms with van der Waals surface area (Å²) in [6.45, 7) is 6.13. The monoisotopic (exact) mass is 295 g/mol. The SMILES string of the molecule is COCC(CNCC(O)c1ccc(CC(C)C)cc1)OC. The molecule has 0 saturated heterocycles. The lowest BCUT2D eigenvalue weighted by Gasteiger charge is -2.17. The van der Waals surface area contributed by atoms with E-state index in [9.17, 15) is 5.11 Å². The van der Waals surface area contributed by atoms with E-state index in [1.165, 1.54) is 5.56 Å². The molecule has 1 rings (SSSR count). The number of methoxy groups -OCH3 is 2. The molecule has 0 aliphatic carbocycles. The second kappa shape index (κ2) is 9.90. The summed E-state index contributed by atoms with van der Waals surface area (Å²) >= 11 is 0. The van der Waals surface area contributed by atoms with Gasteiger partial charge in [-0.05, 0) is 23.5 Å². The first-order valence-corrected chi connectivity index (χ1v) is 7.56. The molecule has 0 saturated carbocycles. The Morgan fingerprint density at radius 2 is 1.76 bits per heavy atom. The summed E-state index contributed by atoms with van der Waals surface area (Å²) in [5, 5.41) is 13.4. The van der Waals surface area contributed by atoms with E-state index in [4.69, 9.17) is 9.47 Å². The highest BCUT2D eigenvalue weighted by atomic mass is 16.5. The molecule has 0 amide bonds. The fourth-order valence-corrected chi connectivity index (χ4v) is 2.24. The first-order chi connectivity index (χ1) is 10.1. The second-order valence-electron chi connectivity index (χ2n) is 5.83. The first-order valence-electron chi connectivity index (χ1n) is 7.56. The van der Waals surface area contributed by atoms with Crippen LogP contribution < -0.4 is 5.32 Å². The Balaban J connectivity index is 2.39. The van der Waals surface area contributed by atoms with Crippen LogP contribution in [0, 0.1) is 5.92 Å². The van der Waals surface area contributed by atoms with Crippen molar-refractivity contribution in [2.24, 2.45) is 5.92 Å². The number of benzene rings is 1. The van der Waals surface area contributed by atoms with E-state index in [-0.39, 0.29) is 6.10 Å². The number of aliphatic hydroxyl groups excluding tert-OH is 1. The van der Waals surface area contributed by atoms with Crippen LogP contribution in [-0.4, -0.2) is 45.1 Å². The molecule has 0 aliphatic rings. The van der Waals surface area contributed by atoms with Gasteiger partial charge in [-0.1, -0.05) is 38.1 Å². The van der Waals surface area contributed by atoms with Crippen molar-refractivity contribution in [1.29, 1.82) is 0 Å². The number of ether oxygens (including phenoxy) is 2. The lowest BCUT2D eigenvalue weighted by atomic mass is 10.0. The van der Waals surface area contributed by atoms with E-state index in [1.54, 1.807) is 14.2 Å². The Kier molecular flexibility index (Phi) is 8.54. The van der Waals surface area contributed by atoms with Gasteiger partial charge < -0.3 is 19.9 Å². The van der Waals surface area contributed by atoms with Crippen molar-refractivity contribution in [1.82, 2.24) is 5.32 Å². The second-order valence-corrected chi connectivity index (χ2v) is 5.83. The van der Waals surface area contributed by atoms with Crippen LogP contribution in [-0.2, 0) is 15.9 Å². The molecule has 0 spiro atoms. The Morgan fingerprint density at radius 3 is 2.29 bits per heavy atom. The molecular formula is C17H29NO3. The number of aliphatic hydroxyl groups is 1. The van der Waals surface area contributed by atoms with Gasteiger partial charge in [0.25, 0.3) is 0 Å². The van der Waals surface area contributed by atoms with Gasteiger partial charge in [-0.2, -0.15) is 0 Å². The number of nitrogens with one attached hydrogen (secondary N) is 1. The van der Waals surface area contributed by atoms with E-state index < -0.39 is 6.10 Å². The Labute approximate surface area is 128 Å². The topological polar surface area (TPSA) is 50.7 Å². The average molecular weight is 295 g/mol. The molecule has 4 heteroatoms. The highest BCUT2D eigenvalue weighted by Crippen LogP contribution is 2.15. The van der Waals surface area contributed by atoms with Gasteiger partial charge in [0.15, 0.2) is 0 Å². The van der Waals surface area contributed by atoms with Crippen molar-refractivity contribution >= 4 is 0 Å². The van der Waals surface area contributed by atoms with E-state index in [1.807, 2.05) is 12.1 Å². The maximum Gasteiger partial charge on any atom is 0.0928 e. The third-order valence-electron chi connectivity index (χ3n) is 3.40. The molecule has 1 aromatic carbocycles. The van der Waals surface area contributed by atoms with Gasteiger partial charge in [0, 0.05) is 27.3 Å². The smallest absolute Gasteiger partial charge is 0.0928 e. The van der Waals surface area contributed by atoms with Crippen LogP contribution >= 0.6 is 0 Å². The largest absolute Gasteiger partial charge is 0.387 e. The maximum atomic E-state index is 10.2. The summed E-state index contributed by atoms with van der Waals surface area (Å²) in [6, 6.07) is 8.21. The van der Waals surface area contributed by atoms with Crippen molar-refractivity contribution in [2.75, 3.05) is 33.9 Å². The number of rotatable bonds is 10. The van der Waals surface area contributed by atoms with E-state index in [2.05, 4.69) is 31.3 Å². The van der Waals surface area contributed by atoms with Gasteiger partial charge in [0.2, 0.25) is 0 Å². The molecule has 120 valence electrons. The van der Waals surface area contributed by atoms with Crippen molar-refractivity contribution in [3.8, 4) is 0 Å². The van der Waals surface area contributed by atoms with Gasteiger partial charge >= 0.3 is 0 Å². The molecule has 0 fully saturated rings. The Hall–Kier alpha value is -0.940. The predicted octanol–water partition coefficient (Wildman–Crippen LogP) is 2.17. The van der Waals surface area contributed by atoms with Crippen LogP contribution in [0.5, 0.6) is 0 Å². The fourth-order valence-electron chi connectivity index (χ4n) is 2.24. The van der Waals surface area contributed by atoms with E-state index in [0.29, 0.717) is 25.6 Å². The summed E-state index contributed by atoms with van der Waals surface area (Å²) in [4.78, 5) is 0. The van der Waals surface area contributed by atoms with Crippen molar-refractivity contribution < 1.29 is 14.6 Å². The normalized spacial score (nSPS) is 14.4. The minimum Gasteiger partial charge on any atom is -0.387 e. The lowest BCUT2D eigenvalue weighted by Crippen LogP contribution is -2.34. The molecular weight excluding hydrogens is 266 g/mol. The zero-order valence-corrected chi connectivity index (χ0v) is 13.6. The summed E-state index contributed by atoms with van der Waals surface area (Å²) in [5.41, 5.74) is 2.25. The Bertz CT molecular complexity index is 378. The molecule has 2 unspecified atom stereocenters. The van der Waals surface area contributed by atoms with Crippen LogP contribution in [0.1, 0.15) is 31.1 Å². The summed E-state index contributed by atoms with van der Waals surface area (Å²) in [5.74, 6) is 0.647. The first kappa shape index (κ1) is 18.1. The summed E-state index contributed by atoms with van der Waals surface area (Å²) in [6.07, 6.45) is 0.579. The van der Waals surface area contributed by atoms with Gasteiger partial charge in [0.05, 0.1) is 18.8 Å². The van der Waals surface area contributed by atoms with Crippen LogP contribution in [0.15, 0.2) is 24.3 Å². The Morgan fingerprint density at radius 1 is 1.10 bits per heavy atom. The van der Waals surface area contributed by atoms with Gasteiger partial charge in [-0.3, -0.25) is 0 Å². The molecule has 0 aliphatic heterocycles. The molecule has 2 N–H and O–H groups in total. The molecule has 21 heavy (non-hydrogen) atoms. The highest BCUT2D eigenvalue weighted by Gasteiger charge is 2.10. The molecule has 0 aromatic heterocycles. The summed E-state index contributed by atoms with van der Waals surface area (Å²) < 4.78 is 10.3. The standard InChI is InChI=1S/C17H29NO3/c1-13(2)9-14-5-7-15(8-6-14)17(19)11-18-10-16(21-4)12-20-3/h5-8,13,16-19H,9-12H2,1-4H3. The van der Waals surface area contributed by atoms with E-state index in [0.717, 1.165) is 12.0 Å². The van der Waals surface area contributed by atoms with Crippen LogP contribution in [0.2, 0.25) is 0 Å². The maximum absolute atomic E-state index is 10.2. The quantitative estimate of drug-likeness (QED) is 0.694. The summed E-state index contributed by atoms with van der Waals surface area (Å²) in [7, 11) is 3.31. The van der Waals surface area contributed by atoms with Crippen molar-refractivity contribution in [3.63, 3.8) is 0 Å². The van der Waals surface area contributed by atoms with Gasteiger partial charge in [-0.25, -0.2) is 0 Å². The number of hydrogen-bond acceptors (Lipinski definition) is 4. The van der Waals surface area contributed by atoms with Gasteiger partial charge in [-0.15, -0.1) is 0 Å². The zero-order chi connectivity index (χ0) is 15.7. The minimum atomic E-state index is -0.502. The van der Waals surface area contributed by atoms with E-state index >= 15 is 0 Å². The lowest BCUT2D eigenvalue weighted by molar-refractivity contribution is 0.0270. The molecule has 2 atom stereocenters. The third-order valence-corrected chi connectivity index (χ3v) is 3.40. The van der Waals surface area contributed by atoms with Crippen molar-refractivity contribution in [2.45, 2.75) is 32.5 Å². The molecule has 1 aromatic rings. The predicted molar refractivity (Wildman–Crippen MR) is 85.5 cm³/mol.